The summed E-state index contributed by atoms with van der Waals surface area (Å²) in [5.41, 5.74) is 0. The normalized spacial score (nSPS) is 20.1. The van der Waals surface area contributed by atoms with Gasteiger partial charge in [-0.25, -0.2) is 0 Å². The maximum absolute atomic E-state index is 9.09. The van der Waals surface area contributed by atoms with Crippen LogP contribution in [0, 0.1) is 0 Å². The fourth-order valence-corrected chi connectivity index (χ4v) is 0.739. The summed E-state index contributed by atoms with van der Waals surface area (Å²) < 4.78 is 0. The highest BCUT2D eigenvalue weighted by Crippen LogP contribution is 2.05. The van der Waals surface area contributed by atoms with Crippen molar-refractivity contribution in [1.82, 2.24) is 0 Å². The summed E-state index contributed by atoms with van der Waals surface area (Å²) in [5.74, 6) is 0. The van der Waals surface area contributed by atoms with Gasteiger partial charge < -0.3 is 15.3 Å². The first-order chi connectivity index (χ1) is 4.63. The standard InChI is InChI=1S/C7H16O3/c1-3-5(8)7(10)6(9)4-2/h5-10H,3-4H2,1-2H3/t5-,6+,7?. The fraction of sp³-hybridized carbons (Fsp3) is 1.00. The highest BCUT2D eigenvalue weighted by atomic mass is 16.4. The van der Waals surface area contributed by atoms with E-state index in [9.17, 15) is 0 Å². The van der Waals surface area contributed by atoms with Crippen LogP contribution in [-0.2, 0) is 0 Å². The molecule has 0 aromatic heterocycles. The summed E-state index contributed by atoms with van der Waals surface area (Å²) in [7, 11) is 0. The van der Waals surface area contributed by atoms with Crippen molar-refractivity contribution < 1.29 is 15.3 Å². The molecule has 10 heavy (non-hydrogen) atoms. The smallest absolute Gasteiger partial charge is 0.106 e. The van der Waals surface area contributed by atoms with Gasteiger partial charge in [0.25, 0.3) is 0 Å². The van der Waals surface area contributed by atoms with Crippen LogP contribution in [0.2, 0.25) is 0 Å². The van der Waals surface area contributed by atoms with Crippen molar-refractivity contribution in [3.05, 3.63) is 0 Å². The molecule has 0 aromatic rings. The Labute approximate surface area is 61.3 Å². The second-order valence-corrected chi connectivity index (χ2v) is 2.44. The van der Waals surface area contributed by atoms with E-state index in [1.54, 1.807) is 13.8 Å². The third-order valence-corrected chi connectivity index (χ3v) is 1.63. The molecule has 3 N–H and O–H groups in total. The first-order valence-corrected chi connectivity index (χ1v) is 3.67. The molecule has 0 saturated carbocycles. The first-order valence-electron chi connectivity index (χ1n) is 3.67. The van der Waals surface area contributed by atoms with Crippen molar-refractivity contribution in [3.63, 3.8) is 0 Å². The summed E-state index contributed by atoms with van der Waals surface area (Å²) in [6.07, 6.45) is -1.64. The van der Waals surface area contributed by atoms with Crippen LogP contribution in [0.15, 0.2) is 0 Å². The minimum atomic E-state index is -0.991. The number of aliphatic hydroxyl groups excluding tert-OH is 3. The fourth-order valence-electron chi connectivity index (χ4n) is 0.739. The van der Waals surface area contributed by atoms with E-state index >= 15 is 0 Å². The van der Waals surface area contributed by atoms with Gasteiger partial charge in [0.15, 0.2) is 0 Å². The van der Waals surface area contributed by atoms with Gasteiger partial charge in [-0.3, -0.25) is 0 Å². The van der Waals surface area contributed by atoms with E-state index < -0.39 is 18.3 Å². The van der Waals surface area contributed by atoms with E-state index in [1.807, 2.05) is 0 Å². The van der Waals surface area contributed by atoms with Crippen molar-refractivity contribution >= 4 is 0 Å². The Kier molecular flexibility index (Phi) is 4.60. The summed E-state index contributed by atoms with van der Waals surface area (Å²) in [5, 5.41) is 27.1. The molecule has 3 nitrogen and oxygen atoms in total. The van der Waals surface area contributed by atoms with Crippen LogP contribution >= 0.6 is 0 Å². The maximum atomic E-state index is 9.09. The monoisotopic (exact) mass is 148 g/mol. The largest absolute Gasteiger partial charge is 0.390 e. The van der Waals surface area contributed by atoms with Crippen molar-refractivity contribution in [2.75, 3.05) is 0 Å². The Hall–Kier alpha value is -0.120. The zero-order valence-corrected chi connectivity index (χ0v) is 6.49. The van der Waals surface area contributed by atoms with E-state index in [0.717, 1.165) is 0 Å². The van der Waals surface area contributed by atoms with E-state index in [1.165, 1.54) is 0 Å². The molecule has 1 unspecified atom stereocenters. The van der Waals surface area contributed by atoms with Crippen LogP contribution in [0.1, 0.15) is 26.7 Å². The molecule has 0 amide bonds. The molecular formula is C7H16O3. The van der Waals surface area contributed by atoms with Crippen LogP contribution in [0.4, 0.5) is 0 Å². The molecule has 62 valence electrons. The molecule has 0 spiro atoms. The Balaban J connectivity index is 3.69. The van der Waals surface area contributed by atoms with Gasteiger partial charge >= 0.3 is 0 Å². The van der Waals surface area contributed by atoms with Crippen molar-refractivity contribution in [3.8, 4) is 0 Å². The summed E-state index contributed by atoms with van der Waals surface area (Å²) in [6, 6.07) is 0. The SMILES string of the molecule is CC[C@@H](O)C(O)[C@@H](O)CC. The lowest BCUT2D eigenvalue weighted by atomic mass is 10.0. The summed E-state index contributed by atoms with van der Waals surface area (Å²) >= 11 is 0. The molecule has 0 aliphatic heterocycles. The Morgan fingerprint density at radius 2 is 1.20 bits per heavy atom. The molecule has 0 saturated heterocycles. The molecule has 3 atom stereocenters. The predicted octanol–water partition coefficient (Wildman–Crippen LogP) is -0.111. The second kappa shape index (κ2) is 4.66. The number of hydrogen-bond acceptors (Lipinski definition) is 3. The topological polar surface area (TPSA) is 60.7 Å². The summed E-state index contributed by atoms with van der Waals surface area (Å²) in [4.78, 5) is 0. The lowest BCUT2D eigenvalue weighted by Gasteiger charge is -2.20. The van der Waals surface area contributed by atoms with Crippen molar-refractivity contribution in [2.45, 2.75) is 45.0 Å². The Bertz CT molecular complexity index is 74.9. The third kappa shape index (κ3) is 2.64. The molecule has 0 aliphatic rings. The first kappa shape index (κ1) is 9.88. The molecule has 3 heteroatoms. The minimum absolute atomic E-state index is 0.470. The molecule has 0 bridgehead atoms. The minimum Gasteiger partial charge on any atom is -0.390 e. The van der Waals surface area contributed by atoms with E-state index in [2.05, 4.69) is 0 Å². The zero-order valence-electron chi connectivity index (χ0n) is 6.49. The molecular weight excluding hydrogens is 132 g/mol. The zero-order chi connectivity index (χ0) is 8.15. The van der Waals surface area contributed by atoms with Gasteiger partial charge in [0, 0.05) is 0 Å². The Morgan fingerprint density at radius 3 is 1.40 bits per heavy atom. The van der Waals surface area contributed by atoms with Gasteiger partial charge in [-0.05, 0) is 12.8 Å². The summed E-state index contributed by atoms with van der Waals surface area (Å²) in [6.45, 7) is 3.52. The molecule has 0 radical (unpaired) electrons. The number of hydrogen-bond donors (Lipinski definition) is 3. The molecule has 0 rings (SSSR count). The van der Waals surface area contributed by atoms with E-state index in [-0.39, 0.29) is 0 Å². The van der Waals surface area contributed by atoms with Crippen LogP contribution < -0.4 is 0 Å². The van der Waals surface area contributed by atoms with Crippen molar-refractivity contribution in [1.29, 1.82) is 0 Å². The average molecular weight is 148 g/mol. The van der Waals surface area contributed by atoms with Gasteiger partial charge in [-0.15, -0.1) is 0 Å². The van der Waals surface area contributed by atoms with Gasteiger partial charge in [-0.1, -0.05) is 13.8 Å². The third-order valence-electron chi connectivity index (χ3n) is 1.63. The predicted molar refractivity (Wildman–Crippen MR) is 38.6 cm³/mol. The van der Waals surface area contributed by atoms with Crippen LogP contribution in [-0.4, -0.2) is 33.6 Å². The second-order valence-electron chi connectivity index (χ2n) is 2.44. The van der Waals surface area contributed by atoms with E-state index in [4.69, 9.17) is 15.3 Å². The van der Waals surface area contributed by atoms with Crippen molar-refractivity contribution in [2.24, 2.45) is 0 Å². The van der Waals surface area contributed by atoms with Gasteiger partial charge in [0.2, 0.25) is 0 Å². The highest BCUT2D eigenvalue weighted by molar-refractivity contribution is 4.72. The molecule has 0 fully saturated rings. The lowest BCUT2D eigenvalue weighted by molar-refractivity contribution is -0.0606. The molecule has 0 aromatic carbocycles. The molecule has 0 aliphatic carbocycles. The van der Waals surface area contributed by atoms with Crippen LogP contribution in [0.25, 0.3) is 0 Å². The number of aliphatic hydroxyl groups is 3. The number of rotatable bonds is 4. The lowest BCUT2D eigenvalue weighted by Crippen LogP contribution is -2.36. The average Bonchev–Trinajstić information content (AvgIpc) is 2.00. The van der Waals surface area contributed by atoms with Crippen LogP contribution in [0.3, 0.4) is 0 Å². The maximum Gasteiger partial charge on any atom is 0.106 e. The van der Waals surface area contributed by atoms with Gasteiger partial charge in [-0.2, -0.15) is 0 Å². The Morgan fingerprint density at radius 1 is 0.900 bits per heavy atom. The highest BCUT2D eigenvalue weighted by Gasteiger charge is 2.20. The van der Waals surface area contributed by atoms with Gasteiger partial charge in [0.1, 0.15) is 6.10 Å². The van der Waals surface area contributed by atoms with Gasteiger partial charge in [0.05, 0.1) is 12.2 Å². The quantitative estimate of drug-likeness (QED) is 0.521. The van der Waals surface area contributed by atoms with Crippen LogP contribution in [0.5, 0.6) is 0 Å². The molecule has 0 heterocycles. The van der Waals surface area contributed by atoms with E-state index in [0.29, 0.717) is 12.8 Å².